The molecule has 0 aliphatic carbocycles. The average Bonchev–Trinajstić information content (AvgIpc) is 2.76. The molecule has 2 aromatic heterocycles. The molecule has 1 saturated heterocycles. The van der Waals surface area contributed by atoms with Crippen molar-refractivity contribution in [2.24, 2.45) is 0 Å². The van der Waals surface area contributed by atoms with Gasteiger partial charge >= 0.3 is 0 Å². The first-order valence-electron chi connectivity index (χ1n) is 9.56. The van der Waals surface area contributed by atoms with Crippen molar-refractivity contribution in [1.82, 2.24) is 19.5 Å². The summed E-state index contributed by atoms with van der Waals surface area (Å²) in [5, 5.41) is 11.5. The third kappa shape index (κ3) is 4.62. The van der Waals surface area contributed by atoms with Crippen LogP contribution >= 0.6 is 0 Å². The molecule has 31 heavy (non-hydrogen) atoms. The predicted octanol–water partition coefficient (Wildman–Crippen LogP) is 2.71. The number of nitrogens with zero attached hydrogens (tertiary/aromatic N) is 5. The Kier molecular flexibility index (Phi) is 5.79. The van der Waals surface area contributed by atoms with E-state index in [0.29, 0.717) is 36.6 Å². The van der Waals surface area contributed by atoms with E-state index in [1.807, 2.05) is 24.0 Å². The van der Waals surface area contributed by atoms with Crippen LogP contribution in [0, 0.1) is 18.6 Å². The number of hydrogen-bond acceptors (Lipinski definition) is 7. The Morgan fingerprint density at radius 3 is 2.32 bits per heavy atom. The first-order valence-corrected chi connectivity index (χ1v) is 11.0. The molecule has 0 saturated carbocycles. The lowest BCUT2D eigenvalue weighted by molar-refractivity contribution is 0.383. The second kappa shape index (κ2) is 8.52. The molecule has 0 radical (unpaired) electrons. The van der Waals surface area contributed by atoms with Gasteiger partial charge in [0.25, 0.3) is 0 Å². The molecule has 1 aliphatic rings. The zero-order chi connectivity index (χ0) is 22.0. The van der Waals surface area contributed by atoms with Crippen molar-refractivity contribution in [3.8, 4) is 0 Å². The van der Waals surface area contributed by atoms with E-state index >= 15 is 0 Å². The second-order valence-corrected chi connectivity index (χ2v) is 9.03. The number of halogens is 2. The van der Waals surface area contributed by atoms with Gasteiger partial charge in [-0.2, -0.15) is 4.31 Å². The summed E-state index contributed by atoms with van der Waals surface area (Å²) in [6.07, 6.45) is 1.70. The van der Waals surface area contributed by atoms with E-state index < -0.39 is 21.7 Å². The minimum atomic E-state index is -3.90. The molecule has 0 unspecified atom stereocenters. The number of anilines is 3. The Balaban J connectivity index is 1.39. The first-order chi connectivity index (χ1) is 14.8. The number of piperazine rings is 1. The van der Waals surface area contributed by atoms with Crippen molar-refractivity contribution >= 4 is 27.5 Å². The minimum Gasteiger partial charge on any atom is -0.352 e. The molecule has 11 heteroatoms. The topological polar surface area (TPSA) is 91.3 Å². The summed E-state index contributed by atoms with van der Waals surface area (Å²) >= 11 is 0. The van der Waals surface area contributed by atoms with Crippen molar-refractivity contribution in [3.05, 3.63) is 65.9 Å². The lowest BCUT2D eigenvalue weighted by atomic mass is 10.3. The lowest BCUT2D eigenvalue weighted by Gasteiger charge is -2.34. The summed E-state index contributed by atoms with van der Waals surface area (Å²) in [6.45, 7) is 3.13. The van der Waals surface area contributed by atoms with Gasteiger partial charge in [-0.25, -0.2) is 22.2 Å². The van der Waals surface area contributed by atoms with E-state index in [1.165, 1.54) is 4.31 Å². The van der Waals surface area contributed by atoms with Gasteiger partial charge in [-0.1, -0.05) is 0 Å². The van der Waals surface area contributed by atoms with Crippen LogP contribution in [0.3, 0.4) is 0 Å². The summed E-state index contributed by atoms with van der Waals surface area (Å²) in [5.74, 6) is -0.449. The smallest absolute Gasteiger partial charge is 0.243 e. The quantitative estimate of drug-likeness (QED) is 0.644. The van der Waals surface area contributed by atoms with Crippen LogP contribution in [-0.2, 0) is 10.0 Å². The fourth-order valence-corrected chi connectivity index (χ4v) is 4.67. The highest BCUT2D eigenvalue weighted by molar-refractivity contribution is 7.89. The number of nitrogens with one attached hydrogen (secondary N) is 1. The summed E-state index contributed by atoms with van der Waals surface area (Å²) in [4.78, 5) is 5.87. The van der Waals surface area contributed by atoms with Gasteiger partial charge in [0.05, 0.1) is 4.90 Å². The maximum Gasteiger partial charge on any atom is 0.243 e. The monoisotopic (exact) mass is 446 g/mol. The van der Waals surface area contributed by atoms with Gasteiger partial charge in [0.15, 0.2) is 23.3 Å². The van der Waals surface area contributed by atoms with Gasteiger partial charge < -0.3 is 10.2 Å². The molecule has 3 aromatic rings. The number of benzene rings is 1. The minimum absolute atomic E-state index is 0.191. The van der Waals surface area contributed by atoms with E-state index in [9.17, 15) is 17.2 Å². The van der Waals surface area contributed by atoms with Gasteiger partial charge in [0.2, 0.25) is 10.0 Å². The van der Waals surface area contributed by atoms with Crippen LogP contribution in [0.4, 0.5) is 26.2 Å². The molecule has 0 bridgehead atoms. The molecule has 162 valence electrons. The highest BCUT2D eigenvalue weighted by atomic mass is 32.2. The van der Waals surface area contributed by atoms with Crippen LogP contribution < -0.4 is 10.2 Å². The normalized spacial score (nSPS) is 15.1. The Morgan fingerprint density at radius 1 is 0.903 bits per heavy atom. The van der Waals surface area contributed by atoms with Crippen molar-refractivity contribution in [1.29, 1.82) is 0 Å². The molecule has 1 N–H and O–H groups in total. The Bertz CT molecular complexity index is 1180. The van der Waals surface area contributed by atoms with E-state index in [-0.39, 0.29) is 18.0 Å². The highest BCUT2D eigenvalue weighted by Crippen LogP contribution is 2.22. The summed E-state index contributed by atoms with van der Waals surface area (Å²) in [7, 11) is -3.90. The first kappa shape index (κ1) is 21.1. The maximum atomic E-state index is 13.5. The van der Waals surface area contributed by atoms with Gasteiger partial charge in [-0.05, 0) is 55.0 Å². The van der Waals surface area contributed by atoms with Crippen molar-refractivity contribution in [2.75, 3.05) is 36.4 Å². The third-order valence-electron chi connectivity index (χ3n) is 4.91. The Morgan fingerprint density at radius 2 is 1.68 bits per heavy atom. The van der Waals surface area contributed by atoms with E-state index in [0.717, 1.165) is 17.7 Å². The van der Waals surface area contributed by atoms with E-state index in [1.54, 1.807) is 18.3 Å². The lowest BCUT2D eigenvalue weighted by Crippen LogP contribution is -2.49. The third-order valence-corrected chi connectivity index (χ3v) is 6.81. The zero-order valence-corrected chi connectivity index (χ0v) is 17.5. The van der Waals surface area contributed by atoms with Crippen LogP contribution in [0.25, 0.3) is 0 Å². The van der Waals surface area contributed by atoms with Gasteiger partial charge in [0, 0.05) is 32.4 Å². The van der Waals surface area contributed by atoms with Crippen LogP contribution in [-0.4, -0.2) is 54.1 Å². The standard InChI is InChI=1S/C20H20F2N6O2S/c1-14-6-7-23-19(12-14)24-18-4-5-20(26-25-18)27-8-10-28(11-9-27)31(29,30)15-2-3-16(21)17(22)13-15/h2-7,12-13H,8-11H2,1H3,(H,23,24,25). The largest absolute Gasteiger partial charge is 0.352 e. The zero-order valence-electron chi connectivity index (χ0n) is 16.7. The average molecular weight is 446 g/mol. The highest BCUT2D eigenvalue weighted by Gasteiger charge is 2.29. The second-order valence-electron chi connectivity index (χ2n) is 7.09. The fourth-order valence-electron chi connectivity index (χ4n) is 3.24. The van der Waals surface area contributed by atoms with Crippen molar-refractivity contribution in [2.45, 2.75) is 11.8 Å². The van der Waals surface area contributed by atoms with Crippen LogP contribution in [0.1, 0.15) is 5.56 Å². The van der Waals surface area contributed by atoms with Gasteiger partial charge in [-0.15, -0.1) is 10.2 Å². The summed E-state index contributed by atoms with van der Waals surface area (Å²) < 4.78 is 53.3. The van der Waals surface area contributed by atoms with Crippen molar-refractivity contribution < 1.29 is 17.2 Å². The number of aromatic nitrogens is 3. The van der Waals surface area contributed by atoms with Crippen molar-refractivity contribution in [3.63, 3.8) is 0 Å². The number of aryl methyl sites for hydroxylation is 1. The van der Waals surface area contributed by atoms with Crippen LogP contribution in [0.2, 0.25) is 0 Å². The predicted molar refractivity (Wildman–Crippen MR) is 112 cm³/mol. The van der Waals surface area contributed by atoms with E-state index in [4.69, 9.17) is 0 Å². The molecule has 3 heterocycles. The number of hydrogen-bond donors (Lipinski definition) is 1. The molecule has 0 spiro atoms. The Hall–Kier alpha value is -3.18. The number of pyridine rings is 1. The molecule has 8 nitrogen and oxygen atoms in total. The molecule has 1 fully saturated rings. The number of sulfonamides is 1. The molecular weight excluding hydrogens is 426 g/mol. The maximum absolute atomic E-state index is 13.5. The van der Waals surface area contributed by atoms with Gasteiger partial charge in [0.1, 0.15) is 5.82 Å². The van der Waals surface area contributed by atoms with Crippen LogP contribution in [0.15, 0.2) is 53.6 Å². The molecule has 1 aliphatic heterocycles. The molecule has 1 aromatic carbocycles. The van der Waals surface area contributed by atoms with Crippen LogP contribution in [0.5, 0.6) is 0 Å². The molecule has 0 amide bonds. The van der Waals surface area contributed by atoms with Gasteiger partial charge in [-0.3, -0.25) is 0 Å². The summed E-state index contributed by atoms with van der Waals surface area (Å²) in [6, 6.07) is 9.95. The molecule has 4 rings (SSSR count). The number of rotatable bonds is 5. The van der Waals surface area contributed by atoms with E-state index in [2.05, 4.69) is 20.5 Å². The molecular formula is C20H20F2N6O2S. The molecule has 0 atom stereocenters. The fraction of sp³-hybridized carbons (Fsp3) is 0.250. The Labute approximate surface area is 178 Å². The summed E-state index contributed by atoms with van der Waals surface area (Å²) in [5.41, 5.74) is 1.07. The SMILES string of the molecule is Cc1ccnc(Nc2ccc(N3CCN(S(=O)(=O)c4ccc(F)c(F)c4)CC3)nn2)c1.